The van der Waals surface area contributed by atoms with E-state index in [1.807, 2.05) is 0 Å². The second kappa shape index (κ2) is 5.58. The first kappa shape index (κ1) is 15.9. The maximum Gasteiger partial charge on any atom is 0.319 e. The predicted molar refractivity (Wildman–Crippen MR) is 78.8 cm³/mol. The van der Waals surface area contributed by atoms with Gasteiger partial charge in [0, 0.05) is 17.5 Å². The van der Waals surface area contributed by atoms with Gasteiger partial charge in [0.05, 0.1) is 0 Å². The number of carbonyl (C=O) groups is 2. The van der Waals surface area contributed by atoms with E-state index in [2.05, 4.69) is 5.32 Å². The summed E-state index contributed by atoms with van der Waals surface area (Å²) in [6.07, 6.45) is 3.43. The quantitative estimate of drug-likeness (QED) is 0.819. The summed E-state index contributed by atoms with van der Waals surface area (Å²) in [7, 11) is 0. The van der Waals surface area contributed by atoms with Crippen LogP contribution in [-0.2, 0) is 15.0 Å². The fourth-order valence-corrected chi connectivity index (χ4v) is 3.65. The number of hydrogen-bond donors (Lipinski definition) is 2. The van der Waals surface area contributed by atoms with Gasteiger partial charge in [0.2, 0.25) is 5.91 Å². The summed E-state index contributed by atoms with van der Waals surface area (Å²) in [6, 6.07) is 3.76. The first-order valence-electron chi connectivity index (χ1n) is 7.88. The predicted octanol–water partition coefficient (Wildman–Crippen LogP) is 2.76. The monoisotopic (exact) mass is 323 g/mol. The Kier molecular flexibility index (Phi) is 3.86. The van der Waals surface area contributed by atoms with Crippen LogP contribution in [0.1, 0.15) is 44.1 Å². The number of hydrogen-bond acceptors (Lipinski definition) is 2. The van der Waals surface area contributed by atoms with Crippen molar-refractivity contribution in [1.82, 2.24) is 5.32 Å². The van der Waals surface area contributed by atoms with Gasteiger partial charge in [-0.1, -0.05) is 18.9 Å². The molecule has 1 aromatic carbocycles. The summed E-state index contributed by atoms with van der Waals surface area (Å²) in [5, 5.41) is 11.8. The minimum absolute atomic E-state index is 0.0120. The molecule has 2 saturated carbocycles. The van der Waals surface area contributed by atoms with Crippen molar-refractivity contribution in [2.75, 3.05) is 6.54 Å². The van der Waals surface area contributed by atoms with Crippen LogP contribution in [0.5, 0.6) is 0 Å². The Morgan fingerprint density at radius 1 is 1.09 bits per heavy atom. The van der Waals surface area contributed by atoms with Gasteiger partial charge >= 0.3 is 5.97 Å². The third kappa shape index (κ3) is 2.60. The number of amides is 1. The van der Waals surface area contributed by atoms with E-state index in [0.717, 1.165) is 12.8 Å². The number of carbonyl (C=O) groups excluding carboxylic acids is 1. The largest absolute Gasteiger partial charge is 0.480 e. The summed E-state index contributed by atoms with van der Waals surface area (Å²) < 4.78 is 28.4. The molecule has 0 saturated heterocycles. The Morgan fingerprint density at radius 2 is 1.65 bits per heavy atom. The Balaban J connectivity index is 1.83. The zero-order valence-corrected chi connectivity index (χ0v) is 12.7. The lowest BCUT2D eigenvalue weighted by molar-refractivity contribution is -0.149. The molecule has 0 aromatic heterocycles. The molecule has 2 aliphatic carbocycles. The van der Waals surface area contributed by atoms with E-state index in [-0.39, 0.29) is 12.1 Å². The lowest BCUT2D eigenvalue weighted by atomic mass is 9.78. The highest BCUT2D eigenvalue weighted by Gasteiger charge is 2.57. The van der Waals surface area contributed by atoms with Gasteiger partial charge < -0.3 is 10.4 Å². The molecule has 3 rings (SSSR count). The molecule has 1 amide bonds. The van der Waals surface area contributed by atoms with Crippen LogP contribution < -0.4 is 5.32 Å². The van der Waals surface area contributed by atoms with Gasteiger partial charge in [-0.2, -0.15) is 0 Å². The second-order valence-corrected chi connectivity index (χ2v) is 6.65. The highest BCUT2D eigenvalue weighted by atomic mass is 19.1. The molecule has 0 aliphatic heterocycles. The van der Waals surface area contributed by atoms with Crippen molar-refractivity contribution in [2.24, 2.45) is 5.41 Å². The smallest absolute Gasteiger partial charge is 0.319 e. The Hall–Kier alpha value is -1.98. The average Bonchev–Trinajstić information content (AvgIpc) is 3.19. The van der Waals surface area contributed by atoms with Crippen molar-refractivity contribution in [3.8, 4) is 0 Å². The van der Waals surface area contributed by atoms with Crippen LogP contribution in [0.4, 0.5) is 8.78 Å². The summed E-state index contributed by atoms with van der Waals surface area (Å²) in [5.74, 6) is -2.90. The molecular weight excluding hydrogens is 304 g/mol. The molecule has 1 aromatic rings. The molecule has 0 radical (unpaired) electrons. The van der Waals surface area contributed by atoms with Gasteiger partial charge in [-0.15, -0.1) is 0 Å². The Bertz CT molecular complexity index is 629. The van der Waals surface area contributed by atoms with E-state index in [0.29, 0.717) is 25.7 Å². The Morgan fingerprint density at radius 3 is 2.13 bits per heavy atom. The standard InChI is InChI=1S/C17H19F2NO3/c18-11-4-3-5-12(19)13(11)16(6-1-2-7-16)10-20-14(21)17(8-9-17)15(22)23/h3-5H,1-2,6-10H2,(H,20,21)(H,22,23). The van der Waals surface area contributed by atoms with Gasteiger partial charge in [0.25, 0.3) is 0 Å². The van der Waals surface area contributed by atoms with E-state index >= 15 is 0 Å². The normalized spacial score (nSPS) is 21.0. The number of carboxylic acids is 1. The molecule has 23 heavy (non-hydrogen) atoms. The van der Waals surface area contributed by atoms with E-state index in [1.165, 1.54) is 18.2 Å². The molecule has 0 atom stereocenters. The fourth-order valence-electron chi connectivity index (χ4n) is 3.65. The number of halogens is 2. The van der Waals surface area contributed by atoms with Crippen LogP contribution in [0, 0.1) is 17.0 Å². The molecular formula is C17H19F2NO3. The van der Waals surface area contributed by atoms with Crippen LogP contribution in [-0.4, -0.2) is 23.5 Å². The minimum atomic E-state index is -1.34. The molecule has 124 valence electrons. The minimum Gasteiger partial charge on any atom is -0.480 e. The summed E-state index contributed by atoms with van der Waals surface area (Å²) in [5.41, 5.74) is -2.12. The topological polar surface area (TPSA) is 66.4 Å². The van der Waals surface area contributed by atoms with Gasteiger partial charge in [0.15, 0.2) is 0 Å². The third-order valence-electron chi connectivity index (χ3n) is 5.24. The molecule has 0 heterocycles. The fraction of sp³-hybridized carbons (Fsp3) is 0.529. The van der Waals surface area contributed by atoms with Crippen molar-refractivity contribution < 1.29 is 23.5 Å². The van der Waals surface area contributed by atoms with Crippen molar-refractivity contribution in [3.05, 3.63) is 35.4 Å². The average molecular weight is 323 g/mol. The van der Waals surface area contributed by atoms with E-state index in [4.69, 9.17) is 5.11 Å². The molecule has 2 aliphatic rings. The van der Waals surface area contributed by atoms with Crippen LogP contribution in [0.15, 0.2) is 18.2 Å². The number of aliphatic carboxylic acids is 1. The first-order valence-corrected chi connectivity index (χ1v) is 7.88. The number of rotatable bonds is 5. The molecule has 2 fully saturated rings. The van der Waals surface area contributed by atoms with Crippen LogP contribution in [0.3, 0.4) is 0 Å². The molecule has 6 heteroatoms. The lowest BCUT2D eigenvalue weighted by Crippen LogP contribution is -2.44. The Labute approximate surface area is 132 Å². The number of benzene rings is 1. The zero-order chi connectivity index (χ0) is 16.7. The van der Waals surface area contributed by atoms with Gasteiger partial charge in [-0.3, -0.25) is 9.59 Å². The second-order valence-electron chi connectivity index (χ2n) is 6.65. The number of carboxylic acid groups (broad SMARTS) is 1. The van der Waals surface area contributed by atoms with Crippen molar-refractivity contribution in [3.63, 3.8) is 0 Å². The summed E-state index contributed by atoms with van der Waals surface area (Å²) in [6.45, 7) is 0.0682. The molecule has 2 N–H and O–H groups in total. The third-order valence-corrected chi connectivity index (χ3v) is 5.24. The van der Waals surface area contributed by atoms with Crippen LogP contribution in [0.25, 0.3) is 0 Å². The highest BCUT2D eigenvalue weighted by molar-refractivity contribution is 6.04. The van der Waals surface area contributed by atoms with Crippen molar-refractivity contribution in [2.45, 2.75) is 43.9 Å². The molecule has 0 unspecified atom stereocenters. The van der Waals surface area contributed by atoms with Gasteiger partial charge in [-0.25, -0.2) is 8.78 Å². The van der Waals surface area contributed by atoms with E-state index in [9.17, 15) is 18.4 Å². The summed E-state index contributed by atoms with van der Waals surface area (Å²) in [4.78, 5) is 23.4. The molecule has 0 spiro atoms. The van der Waals surface area contributed by atoms with E-state index < -0.39 is 34.3 Å². The summed E-state index contributed by atoms with van der Waals surface area (Å²) >= 11 is 0. The van der Waals surface area contributed by atoms with Gasteiger partial charge in [-0.05, 0) is 37.8 Å². The maximum atomic E-state index is 14.2. The number of nitrogens with one attached hydrogen (secondary N) is 1. The lowest BCUT2D eigenvalue weighted by Gasteiger charge is -2.31. The van der Waals surface area contributed by atoms with Crippen LogP contribution >= 0.6 is 0 Å². The van der Waals surface area contributed by atoms with Gasteiger partial charge in [0.1, 0.15) is 17.0 Å². The van der Waals surface area contributed by atoms with Crippen LogP contribution in [0.2, 0.25) is 0 Å². The molecule has 0 bridgehead atoms. The first-order chi connectivity index (χ1) is 10.9. The maximum absolute atomic E-state index is 14.2. The van der Waals surface area contributed by atoms with Crippen molar-refractivity contribution >= 4 is 11.9 Å². The van der Waals surface area contributed by atoms with Crippen molar-refractivity contribution in [1.29, 1.82) is 0 Å². The molecule has 4 nitrogen and oxygen atoms in total. The zero-order valence-electron chi connectivity index (χ0n) is 12.7. The van der Waals surface area contributed by atoms with E-state index in [1.54, 1.807) is 0 Å². The highest BCUT2D eigenvalue weighted by Crippen LogP contribution is 2.47. The SMILES string of the molecule is O=C(O)C1(C(=O)NCC2(c3c(F)cccc3F)CCCC2)CC1.